The lowest BCUT2D eigenvalue weighted by Crippen LogP contribution is -2.48. The topological polar surface area (TPSA) is 49.5 Å². The predicted molar refractivity (Wildman–Crippen MR) is 82.4 cm³/mol. The first-order chi connectivity index (χ1) is 9.74. The van der Waals surface area contributed by atoms with E-state index < -0.39 is 6.10 Å². The van der Waals surface area contributed by atoms with Crippen LogP contribution in [0.4, 0.5) is 5.69 Å². The number of piperidine rings is 1. The van der Waals surface area contributed by atoms with Crippen molar-refractivity contribution in [3.05, 3.63) is 29.8 Å². The Morgan fingerprint density at radius 3 is 2.85 bits per heavy atom. The largest absolute Gasteiger partial charge is 0.399 e. The second-order valence-corrected chi connectivity index (χ2v) is 6.43. The first-order valence-corrected chi connectivity index (χ1v) is 8.01. The Labute approximate surface area is 121 Å². The van der Waals surface area contributed by atoms with Crippen molar-refractivity contribution >= 4 is 5.69 Å². The smallest absolute Gasteiger partial charge is 0.0917 e. The maximum Gasteiger partial charge on any atom is 0.0917 e. The molecule has 1 aromatic carbocycles. The Hall–Kier alpha value is -1.06. The van der Waals surface area contributed by atoms with E-state index in [-0.39, 0.29) is 0 Å². The molecule has 0 spiro atoms. The molecule has 1 aliphatic heterocycles. The van der Waals surface area contributed by atoms with Crippen molar-refractivity contribution in [3.8, 4) is 0 Å². The predicted octanol–water partition coefficient (Wildman–Crippen LogP) is 2.96. The molecule has 2 aliphatic rings. The number of aliphatic hydroxyl groups excluding tert-OH is 1. The summed E-state index contributed by atoms with van der Waals surface area (Å²) in [7, 11) is 0. The molecule has 1 aromatic rings. The van der Waals surface area contributed by atoms with E-state index in [1.165, 1.54) is 38.5 Å². The Balaban J connectivity index is 1.66. The van der Waals surface area contributed by atoms with E-state index in [4.69, 9.17) is 5.73 Å². The van der Waals surface area contributed by atoms with Crippen LogP contribution in [0, 0.1) is 5.92 Å². The molecule has 1 aliphatic carbocycles. The zero-order chi connectivity index (χ0) is 13.9. The van der Waals surface area contributed by atoms with Crippen LogP contribution < -0.4 is 5.73 Å². The molecular formula is C17H26N2O. The molecule has 3 N–H and O–H groups in total. The van der Waals surface area contributed by atoms with Crippen LogP contribution in [0.2, 0.25) is 0 Å². The summed E-state index contributed by atoms with van der Waals surface area (Å²) >= 11 is 0. The second kappa shape index (κ2) is 6.15. The van der Waals surface area contributed by atoms with Crippen LogP contribution in [0.15, 0.2) is 24.3 Å². The van der Waals surface area contributed by atoms with Crippen molar-refractivity contribution < 1.29 is 5.11 Å². The van der Waals surface area contributed by atoms with Gasteiger partial charge in [-0.3, -0.25) is 4.90 Å². The minimum Gasteiger partial charge on any atom is -0.399 e. The van der Waals surface area contributed by atoms with Gasteiger partial charge < -0.3 is 10.8 Å². The van der Waals surface area contributed by atoms with E-state index in [1.807, 2.05) is 24.3 Å². The van der Waals surface area contributed by atoms with E-state index in [1.54, 1.807) is 0 Å². The summed E-state index contributed by atoms with van der Waals surface area (Å²) in [5.41, 5.74) is 7.49. The van der Waals surface area contributed by atoms with Gasteiger partial charge in [0.15, 0.2) is 0 Å². The normalized spacial score (nSPS) is 28.9. The molecule has 2 fully saturated rings. The summed E-state index contributed by atoms with van der Waals surface area (Å²) in [5.74, 6) is 0.866. The molecule has 3 atom stereocenters. The number of fused-ring (bicyclic) bond motifs is 1. The Kier molecular flexibility index (Phi) is 4.27. The third kappa shape index (κ3) is 2.99. The fourth-order valence-corrected chi connectivity index (χ4v) is 4.05. The van der Waals surface area contributed by atoms with Gasteiger partial charge in [-0.2, -0.15) is 0 Å². The lowest BCUT2D eigenvalue weighted by Gasteiger charge is -2.44. The summed E-state index contributed by atoms with van der Waals surface area (Å²) in [5, 5.41) is 10.5. The molecule has 0 aromatic heterocycles. The molecule has 110 valence electrons. The zero-order valence-corrected chi connectivity index (χ0v) is 12.2. The highest BCUT2D eigenvalue weighted by atomic mass is 16.3. The zero-order valence-electron chi connectivity index (χ0n) is 12.2. The molecule has 3 rings (SSSR count). The van der Waals surface area contributed by atoms with Crippen molar-refractivity contribution in [2.75, 3.05) is 18.8 Å². The molecule has 1 saturated heterocycles. The summed E-state index contributed by atoms with van der Waals surface area (Å²) in [6, 6.07) is 8.37. The number of nitrogen functional groups attached to an aromatic ring is 1. The van der Waals surface area contributed by atoms with E-state index in [2.05, 4.69) is 4.90 Å². The average Bonchev–Trinajstić information content (AvgIpc) is 2.47. The van der Waals surface area contributed by atoms with Gasteiger partial charge in [0.25, 0.3) is 0 Å². The molecule has 0 radical (unpaired) electrons. The summed E-state index contributed by atoms with van der Waals surface area (Å²) in [4.78, 5) is 2.53. The van der Waals surface area contributed by atoms with Gasteiger partial charge in [0.05, 0.1) is 6.10 Å². The van der Waals surface area contributed by atoms with Crippen molar-refractivity contribution in [1.29, 1.82) is 0 Å². The number of benzene rings is 1. The molecule has 1 saturated carbocycles. The standard InChI is InChI=1S/C17H26N2O/c18-15-8-3-6-14(11-15)17(20)12-19-10-4-7-13-5-1-2-9-16(13)19/h3,6,8,11,13,16-17,20H,1-2,4-5,7,9-10,12,18H2/t13-,16-,17?/m1/s1. The van der Waals surface area contributed by atoms with Gasteiger partial charge in [0, 0.05) is 18.3 Å². The van der Waals surface area contributed by atoms with Crippen LogP contribution in [0.25, 0.3) is 0 Å². The number of rotatable bonds is 3. The number of likely N-dealkylation sites (tertiary alicyclic amines) is 1. The van der Waals surface area contributed by atoms with Gasteiger partial charge in [-0.05, 0) is 55.8 Å². The van der Waals surface area contributed by atoms with Crippen LogP contribution in [0.3, 0.4) is 0 Å². The van der Waals surface area contributed by atoms with Gasteiger partial charge in [0.1, 0.15) is 0 Å². The van der Waals surface area contributed by atoms with Crippen molar-refractivity contribution in [2.45, 2.75) is 50.7 Å². The SMILES string of the molecule is Nc1cccc(C(O)CN2CCC[C@H]3CCCC[C@H]32)c1. The summed E-state index contributed by atoms with van der Waals surface area (Å²) in [6.45, 7) is 1.89. The molecule has 0 bridgehead atoms. The number of hydrogen-bond donors (Lipinski definition) is 2. The molecule has 1 unspecified atom stereocenters. The number of hydrogen-bond acceptors (Lipinski definition) is 3. The van der Waals surface area contributed by atoms with Crippen LogP contribution in [-0.2, 0) is 0 Å². The van der Waals surface area contributed by atoms with E-state index in [9.17, 15) is 5.11 Å². The third-order valence-corrected chi connectivity index (χ3v) is 5.06. The monoisotopic (exact) mass is 274 g/mol. The maximum absolute atomic E-state index is 10.5. The van der Waals surface area contributed by atoms with E-state index in [0.717, 1.165) is 30.3 Å². The number of nitrogens with two attached hydrogens (primary N) is 1. The van der Waals surface area contributed by atoms with Crippen LogP contribution in [0.1, 0.15) is 50.2 Å². The van der Waals surface area contributed by atoms with Crippen molar-refractivity contribution in [2.24, 2.45) is 5.92 Å². The molecular weight excluding hydrogens is 248 g/mol. The van der Waals surface area contributed by atoms with Crippen LogP contribution in [0.5, 0.6) is 0 Å². The van der Waals surface area contributed by atoms with E-state index in [0.29, 0.717) is 6.04 Å². The minimum atomic E-state index is -0.417. The van der Waals surface area contributed by atoms with E-state index >= 15 is 0 Å². The van der Waals surface area contributed by atoms with Gasteiger partial charge in [-0.25, -0.2) is 0 Å². The van der Waals surface area contributed by atoms with Crippen LogP contribution >= 0.6 is 0 Å². The highest BCUT2D eigenvalue weighted by molar-refractivity contribution is 5.41. The average molecular weight is 274 g/mol. The van der Waals surface area contributed by atoms with Gasteiger partial charge >= 0.3 is 0 Å². The van der Waals surface area contributed by atoms with Crippen molar-refractivity contribution in [1.82, 2.24) is 4.90 Å². The number of nitrogens with zero attached hydrogens (tertiary/aromatic N) is 1. The molecule has 3 nitrogen and oxygen atoms in total. The lowest BCUT2D eigenvalue weighted by molar-refractivity contribution is 0.0205. The maximum atomic E-state index is 10.5. The lowest BCUT2D eigenvalue weighted by atomic mass is 9.78. The Morgan fingerprint density at radius 1 is 1.20 bits per heavy atom. The van der Waals surface area contributed by atoms with Gasteiger partial charge in [-0.1, -0.05) is 25.0 Å². The Bertz CT molecular complexity index is 446. The fourth-order valence-electron chi connectivity index (χ4n) is 4.05. The summed E-state index contributed by atoms with van der Waals surface area (Å²) in [6.07, 6.45) is 7.70. The molecule has 3 heteroatoms. The highest BCUT2D eigenvalue weighted by Gasteiger charge is 2.33. The first-order valence-electron chi connectivity index (χ1n) is 8.01. The molecule has 0 amide bonds. The quantitative estimate of drug-likeness (QED) is 0.833. The number of anilines is 1. The minimum absolute atomic E-state index is 0.417. The van der Waals surface area contributed by atoms with Gasteiger partial charge in [-0.15, -0.1) is 0 Å². The van der Waals surface area contributed by atoms with Crippen molar-refractivity contribution in [3.63, 3.8) is 0 Å². The molecule has 1 heterocycles. The third-order valence-electron chi connectivity index (χ3n) is 5.06. The fraction of sp³-hybridized carbons (Fsp3) is 0.647. The van der Waals surface area contributed by atoms with Crippen LogP contribution in [-0.4, -0.2) is 29.1 Å². The Morgan fingerprint density at radius 2 is 2.00 bits per heavy atom. The highest BCUT2D eigenvalue weighted by Crippen LogP contribution is 2.36. The number of β-amino-alcohol motifs (C(OH)–C–C–N with tert-alkyl or cyclic N) is 1. The van der Waals surface area contributed by atoms with Gasteiger partial charge in [0.2, 0.25) is 0 Å². The first kappa shape index (κ1) is 13.9. The summed E-state index contributed by atoms with van der Waals surface area (Å²) < 4.78 is 0. The number of aliphatic hydroxyl groups is 1. The molecule has 20 heavy (non-hydrogen) atoms. The second-order valence-electron chi connectivity index (χ2n) is 6.43.